The molecule has 4 aromatic rings. The zero-order chi connectivity index (χ0) is 29.1. The molecule has 0 amide bonds. The van der Waals surface area contributed by atoms with E-state index in [9.17, 15) is 22.8 Å². The molecule has 0 spiro atoms. The molecule has 0 aliphatic carbocycles. The number of hydrogen-bond donors (Lipinski definition) is 0. The summed E-state index contributed by atoms with van der Waals surface area (Å²) in [5.41, 5.74) is 0.941. The van der Waals surface area contributed by atoms with Gasteiger partial charge in [0.1, 0.15) is 16.9 Å². The first-order chi connectivity index (χ1) is 19.7. The molecule has 5 rings (SSSR count). The van der Waals surface area contributed by atoms with E-state index >= 15 is 0 Å². The van der Waals surface area contributed by atoms with Crippen LogP contribution in [0.4, 0.5) is 19.0 Å². The maximum Gasteiger partial charge on any atom is 0.416 e. The SMILES string of the molecule is CCOC(=O)c1c(C(=O)OCC)c2c(-c3ccccc3)cc(N3CCOCC3)nn2c1-c1ccc(C(F)(F)F)cc1. The molecule has 3 heterocycles. The second-order valence-corrected chi connectivity index (χ2v) is 9.26. The van der Waals surface area contributed by atoms with E-state index < -0.39 is 23.7 Å². The molecule has 1 fully saturated rings. The van der Waals surface area contributed by atoms with Gasteiger partial charge in [-0.2, -0.15) is 13.2 Å². The lowest BCUT2D eigenvalue weighted by Crippen LogP contribution is -2.37. The molecular weight excluding hydrogens is 539 g/mol. The average Bonchev–Trinajstić information content (AvgIpc) is 3.33. The summed E-state index contributed by atoms with van der Waals surface area (Å²) in [6, 6.07) is 15.5. The third-order valence-corrected chi connectivity index (χ3v) is 6.74. The van der Waals surface area contributed by atoms with Crippen molar-refractivity contribution in [3.05, 3.63) is 77.4 Å². The van der Waals surface area contributed by atoms with Crippen molar-refractivity contribution in [3.8, 4) is 22.4 Å². The minimum atomic E-state index is -4.55. The van der Waals surface area contributed by atoms with Gasteiger partial charge in [0.25, 0.3) is 0 Å². The molecule has 1 aliphatic heterocycles. The predicted molar refractivity (Wildman–Crippen MR) is 146 cm³/mol. The Bertz CT molecular complexity index is 1560. The molecular formula is C30H28F3N3O5. The van der Waals surface area contributed by atoms with Crippen molar-refractivity contribution in [3.63, 3.8) is 0 Å². The number of fused-ring (bicyclic) bond motifs is 1. The van der Waals surface area contributed by atoms with Gasteiger partial charge in [0.2, 0.25) is 0 Å². The maximum absolute atomic E-state index is 13.5. The molecule has 2 aromatic heterocycles. The highest BCUT2D eigenvalue weighted by Gasteiger charge is 2.35. The van der Waals surface area contributed by atoms with Crippen LogP contribution in [0.15, 0.2) is 60.7 Å². The molecule has 0 N–H and O–H groups in total. The van der Waals surface area contributed by atoms with Gasteiger partial charge in [0.05, 0.1) is 43.2 Å². The first-order valence-electron chi connectivity index (χ1n) is 13.2. The van der Waals surface area contributed by atoms with E-state index in [1.165, 1.54) is 16.6 Å². The van der Waals surface area contributed by atoms with Gasteiger partial charge < -0.3 is 19.1 Å². The van der Waals surface area contributed by atoms with Gasteiger partial charge in [-0.15, -0.1) is 5.10 Å². The van der Waals surface area contributed by atoms with Crippen molar-refractivity contribution >= 4 is 23.3 Å². The second kappa shape index (κ2) is 11.6. The number of hydrogen-bond acceptors (Lipinski definition) is 7. The smallest absolute Gasteiger partial charge is 0.416 e. The van der Waals surface area contributed by atoms with E-state index in [4.69, 9.17) is 19.3 Å². The third kappa shape index (κ3) is 5.49. The fourth-order valence-corrected chi connectivity index (χ4v) is 4.91. The van der Waals surface area contributed by atoms with E-state index in [2.05, 4.69) is 0 Å². The molecule has 0 radical (unpaired) electrons. The molecule has 8 nitrogen and oxygen atoms in total. The maximum atomic E-state index is 13.5. The Morgan fingerprint density at radius 2 is 1.49 bits per heavy atom. The summed E-state index contributed by atoms with van der Waals surface area (Å²) in [7, 11) is 0. The van der Waals surface area contributed by atoms with Gasteiger partial charge in [0, 0.05) is 24.2 Å². The first kappa shape index (κ1) is 28.2. The van der Waals surface area contributed by atoms with Crippen molar-refractivity contribution in [1.82, 2.24) is 9.61 Å². The number of ether oxygens (including phenoxy) is 3. The van der Waals surface area contributed by atoms with Crippen LogP contribution in [-0.4, -0.2) is 61.1 Å². The van der Waals surface area contributed by atoms with Crippen LogP contribution in [0.3, 0.4) is 0 Å². The molecule has 0 saturated carbocycles. The molecule has 1 aliphatic rings. The van der Waals surface area contributed by atoms with E-state index in [0.717, 1.165) is 17.7 Å². The fourth-order valence-electron chi connectivity index (χ4n) is 4.91. The summed E-state index contributed by atoms with van der Waals surface area (Å²) in [4.78, 5) is 29.1. The van der Waals surface area contributed by atoms with E-state index in [1.807, 2.05) is 41.3 Å². The third-order valence-electron chi connectivity index (χ3n) is 6.74. The summed E-state index contributed by atoms with van der Waals surface area (Å²) < 4.78 is 57.9. The average molecular weight is 568 g/mol. The molecule has 0 bridgehead atoms. The summed E-state index contributed by atoms with van der Waals surface area (Å²) in [6.45, 7) is 5.40. The number of nitrogens with zero attached hydrogens (tertiary/aromatic N) is 3. The first-order valence-corrected chi connectivity index (χ1v) is 13.2. The topological polar surface area (TPSA) is 82.4 Å². The van der Waals surface area contributed by atoms with Gasteiger partial charge in [-0.05, 0) is 37.6 Å². The van der Waals surface area contributed by atoms with E-state index in [0.29, 0.717) is 37.7 Å². The van der Waals surface area contributed by atoms with Gasteiger partial charge in [-0.1, -0.05) is 42.5 Å². The normalized spacial score (nSPS) is 13.8. The highest BCUT2D eigenvalue weighted by atomic mass is 19.4. The number of esters is 2. The zero-order valence-corrected chi connectivity index (χ0v) is 22.5. The Balaban J connectivity index is 1.91. The van der Waals surface area contributed by atoms with Crippen LogP contribution in [0.25, 0.3) is 27.9 Å². The van der Waals surface area contributed by atoms with Gasteiger partial charge in [-0.25, -0.2) is 14.1 Å². The summed E-state index contributed by atoms with van der Waals surface area (Å²) in [5, 5.41) is 4.85. The standard InChI is InChI=1S/C30H28F3N3O5/c1-3-40-28(37)24-25(29(38)41-4-2)27-22(19-8-6-5-7-9-19)18-23(35-14-16-39-17-15-35)34-36(27)26(24)20-10-12-21(13-11-20)30(31,32)33/h5-13,18H,3-4,14-17H2,1-2H3. The van der Waals surface area contributed by atoms with Gasteiger partial charge in [-0.3, -0.25) is 0 Å². The summed E-state index contributed by atoms with van der Waals surface area (Å²) in [5.74, 6) is -1.04. The van der Waals surface area contributed by atoms with Crippen LogP contribution >= 0.6 is 0 Å². The highest BCUT2D eigenvalue weighted by molar-refractivity contribution is 6.15. The molecule has 0 atom stereocenters. The fraction of sp³-hybridized carbons (Fsp3) is 0.300. The summed E-state index contributed by atoms with van der Waals surface area (Å²) >= 11 is 0. The van der Waals surface area contributed by atoms with Crippen LogP contribution < -0.4 is 4.90 Å². The Kier molecular flexibility index (Phi) is 7.98. The lowest BCUT2D eigenvalue weighted by molar-refractivity contribution is -0.137. The highest BCUT2D eigenvalue weighted by Crippen LogP contribution is 2.40. The Morgan fingerprint density at radius 1 is 0.878 bits per heavy atom. The lowest BCUT2D eigenvalue weighted by Gasteiger charge is -2.28. The summed E-state index contributed by atoms with van der Waals surface area (Å²) in [6.07, 6.45) is -4.55. The van der Waals surface area contributed by atoms with Crippen molar-refractivity contribution in [1.29, 1.82) is 0 Å². The molecule has 41 heavy (non-hydrogen) atoms. The number of carbonyl (C=O) groups excluding carboxylic acids is 2. The van der Waals surface area contributed by atoms with Crippen LogP contribution in [0.2, 0.25) is 0 Å². The zero-order valence-electron chi connectivity index (χ0n) is 22.5. The number of rotatable bonds is 7. The number of halogens is 3. The van der Waals surface area contributed by atoms with Crippen LogP contribution in [0.1, 0.15) is 40.1 Å². The van der Waals surface area contributed by atoms with Crippen LogP contribution in [-0.2, 0) is 20.4 Å². The van der Waals surface area contributed by atoms with E-state index in [1.54, 1.807) is 13.8 Å². The number of benzene rings is 2. The molecule has 1 saturated heterocycles. The number of anilines is 1. The van der Waals surface area contributed by atoms with Crippen LogP contribution in [0, 0.1) is 0 Å². The van der Waals surface area contributed by atoms with E-state index in [-0.39, 0.29) is 41.1 Å². The monoisotopic (exact) mass is 567 g/mol. The molecule has 11 heteroatoms. The lowest BCUT2D eigenvalue weighted by atomic mass is 10.00. The van der Waals surface area contributed by atoms with Crippen molar-refractivity contribution in [2.45, 2.75) is 20.0 Å². The number of carbonyl (C=O) groups is 2. The minimum absolute atomic E-state index is 0.0116. The number of morpholine rings is 1. The van der Waals surface area contributed by atoms with Crippen molar-refractivity contribution < 1.29 is 37.0 Å². The number of alkyl halides is 3. The predicted octanol–water partition coefficient (Wildman–Crippen LogP) is 5.88. The quantitative estimate of drug-likeness (QED) is 0.258. The number of aromatic nitrogens is 2. The molecule has 0 unspecified atom stereocenters. The van der Waals surface area contributed by atoms with Gasteiger partial charge in [0.15, 0.2) is 0 Å². The largest absolute Gasteiger partial charge is 0.462 e. The molecule has 2 aromatic carbocycles. The Labute approximate surface area is 234 Å². The van der Waals surface area contributed by atoms with Gasteiger partial charge >= 0.3 is 18.1 Å². The van der Waals surface area contributed by atoms with Crippen molar-refractivity contribution in [2.24, 2.45) is 0 Å². The van der Waals surface area contributed by atoms with Crippen LogP contribution in [0.5, 0.6) is 0 Å². The van der Waals surface area contributed by atoms with Crippen molar-refractivity contribution in [2.75, 3.05) is 44.4 Å². The Morgan fingerprint density at radius 3 is 2.07 bits per heavy atom. The minimum Gasteiger partial charge on any atom is -0.462 e. The Hall–Kier alpha value is -4.38. The molecule has 214 valence electrons. The second-order valence-electron chi connectivity index (χ2n) is 9.26.